The molecule has 0 saturated heterocycles. The van der Waals surface area contributed by atoms with Gasteiger partial charge in [0.05, 0.1) is 5.60 Å². The molecule has 0 bridgehead atoms. The Kier molecular flexibility index (Phi) is 4.58. The highest BCUT2D eigenvalue weighted by Gasteiger charge is 2.51. The van der Waals surface area contributed by atoms with E-state index in [9.17, 15) is 4.79 Å². The Labute approximate surface area is 156 Å². The Balaban J connectivity index is 2.10. The van der Waals surface area contributed by atoms with Gasteiger partial charge in [-0.05, 0) is 26.0 Å². The van der Waals surface area contributed by atoms with Gasteiger partial charge in [0.25, 0.3) is 0 Å². The third-order valence-corrected chi connectivity index (χ3v) is 5.05. The van der Waals surface area contributed by atoms with Crippen LogP contribution in [-0.2, 0) is 14.0 Å². The molecule has 136 valence electrons. The molecule has 3 rings (SSSR count). The lowest BCUT2D eigenvalue weighted by atomic mass is 9.76. The van der Waals surface area contributed by atoms with E-state index in [1.165, 1.54) is 0 Å². The summed E-state index contributed by atoms with van der Waals surface area (Å²) in [4.78, 5) is 11.5. The zero-order valence-electron chi connectivity index (χ0n) is 15.1. The fourth-order valence-corrected chi connectivity index (χ4v) is 3.79. The van der Waals surface area contributed by atoms with Crippen molar-refractivity contribution in [3.8, 4) is 5.75 Å². The van der Waals surface area contributed by atoms with E-state index in [2.05, 4.69) is 15.9 Å². The molecule has 2 heterocycles. The minimum atomic E-state index is -0.828. The molecule has 8 heteroatoms. The van der Waals surface area contributed by atoms with Crippen molar-refractivity contribution in [1.29, 1.82) is 0 Å². The summed E-state index contributed by atoms with van der Waals surface area (Å²) in [7, 11) is -0.591. The number of benzene rings is 1. The lowest BCUT2D eigenvalue weighted by Gasteiger charge is -2.35. The normalized spacial score (nSPS) is 22.6. The van der Waals surface area contributed by atoms with Crippen LogP contribution in [0, 0.1) is 5.41 Å². The average molecular weight is 412 g/mol. The second kappa shape index (κ2) is 6.18. The van der Waals surface area contributed by atoms with Gasteiger partial charge >= 0.3 is 13.2 Å². The van der Waals surface area contributed by atoms with Gasteiger partial charge in [0.2, 0.25) is 0 Å². The largest absolute Gasteiger partial charge is 0.499 e. The number of amides is 1. The van der Waals surface area contributed by atoms with E-state index in [-0.39, 0.29) is 5.41 Å². The summed E-state index contributed by atoms with van der Waals surface area (Å²) >= 11 is 3.60. The molecule has 2 N–H and O–H groups in total. The lowest BCUT2D eigenvalue weighted by Crippen LogP contribution is -2.42. The summed E-state index contributed by atoms with van der Waals surface area (Å²) in [6.07, 6.45) is -1.92. The lowest BCUT2D eigenvalue weighted by molar-refractivity contribution is -0.0535. The first-order valence-corrected chi connectivity index (χ1v) is 9.03. The van der Waals surface area contributed by atoms with Crippen molar-refractivity contribution in [1.82, 2.24) is 0 Å². The molecule has 6 nitrogen and oxygen atoms in total. The number of hydrogen-bond donors (Lipinski definition) is 1. The van der Waals surface area contributed by atoms with Gasteiger partial charge in [-0.3, -0.25) is 0 Å². The highest BCUT2D eigenvalue weighted by atomic mass is 79.9. The molecule has 0 saturated carbocycles. The molecule has 0 aliphatic carbocycles. The first-order chi connectivity index (χ1) is 11.5. The second-order valence-electron chi connectivity index (χ2n) is 8.15. The van der Waals surface area contributed by atoms with Gasteiger partial charge in [-0.25, -0.2) is 4.79 Å². The number of carbonyl (C=O) groups excluding carboxylic acids is 1. The summed E-state index contributed by atoms with van der Waals surface area (Å²) in [6.45, 7) is 10.2. The molecule has 0 aromatic heterocycles. The Morgan fingerprint density at radius 1 is 1.44 bits per heavy atom. The van der Waals surface area contributed by atoms with Gasteiger partial charge in [-0.1, -0.05) is 36.7 Å². The summed E-state index contributed by atoms with van der Waals surface area (Å²) in [5.74, 6) is 0.725. The molecule has 2 aliphatic heterocycles. The number of primary amides is 1. The third-order valence-electron chi connectivity index (χ3n) is 4.36. The number of hydrogen-bond acceptors (Lipinski definition) is 5. The smallest absolute Gasteiger partial charge is 0.491 e. The van der Waals surface area contributed by atoms with Crippen molar-refractivity contribution in [3.63, 3.8) is 0 Å². The van der Waals surface area contributed by atoms with E-state index in [1.807, 2.05) is 46.8 Å². The number of ether oxygens (including phenoxy) is 2. The van der Waals surface area contributed by atoms with E-state index in [0.717, 1.165) is 21.2 Å². The molecule has 2 aliphatic rings. The third kappa shape index (κ3) is 3.52. The van der Waals surface area contributed by atoms with Crippen molar-refractivity contribution >= 4 is 34.6 Å². The zero-order valence-corrected chi connectivity index (χ0v) is 16.7. The molecule has 0 fully saturated rings. The minimum absolute atomic E-state index is 0.387. The van der Waals surface area contributed by atoms with Crippen LogP contribution in [0.2, 0.25) is 0 Å². The summed E-state index contributed by atoms with van der Waals surface area (Å²) in [5.41, 5.74) is 6.13. The highest BCUT2D eigenvalue weighted by molar-refractivity contribution is 9.10. The fourth-order valence-electron chi connectivity index (χ4n) is 3.22. The van der Waals surface area contributed by atoms with Crippen molar-refractivity contribution in [2.75, 3.05) is 6.61 Å². The van der Waals surface area contributed by atoms with Gasteiger partial charge in [-0.15, -0.1) is 0 Å². The van der Waals surface area contributed by atoms with Gasteiger partial charge < -0.3 is 24.5 Å². The maximum Gasteiger partial charge on any atom is 0.499 e. The molecule has 1 unspecified atom stereocenters. The minimum Gasteiger partial charge on any atom is -0.491 e. The molecule has 1 aromatic carbocycles. The van der Waals surface area contributed by atoms with E-state index >= 15 is 0 Å². The molecular weight excluding hydrogens is 389 g/mol. The SMILES string of the molecule is CC1(C)COc2ccc(Br)c3c2B(OC3[C@@H](OC(N)=O)C(C)(C)C)O1. The highest BCUT2D eigenvalue weighted by Crippen LogP contribution is 2.44. The number of carbonyl (C=O) groups is 1. The van der Waals surface area contributed by atoms with Gasteiger partial charge in [0.1, 0.15) is 24.6 Å². The van der Waals surface area contributed by atoms with Crippen LogP contribution in [0.1, 0.15) is 46.3 Å². The molecule has 25 heavy (non-hydrogen) atoms. The van der Waals surface area contributed by atoms with Crippen LogP contribution in [0.5, 0.6) is 5.75 Å². The second-order valence-corrected chi connectivity index (χ2v) is 9.01. The Hall–Kier alpha value is -1.25. The standard InChI is InChI=1S/C17H23BBrNO5/c1-16(2,3)14(23-15(20)21)13-11-9(19)6-7-10-12(11)18(24-13)25-17(4,5)8-22-10/h6-7,13-14H,8H2,1-5H3,(H2,20,21)/t13?,14-/m1/s1. The van der Waals surface area contributed by atoms with Crippen LogP contribution in [0.15, 0.2) is 16.6 Å². The summed E-state index contributed by atoms with van der Waals surface area (Å²) in [6, 6.07) is 3.81. The van der Waals surface area contributed by atoms with Crippen LogP contribution < -0.4 is 15.9 Å². The van der Waals surface area contributed by atoms with E-state index in [4.69, 9.17) is 24.5 Å². The Morgan fingerprint density at radius 3 is 2.72 bits per heavy atom. The number of rotatable bonds is 2. The molecule has 0 spiro atoms. The molecule has 2 atom stereocenters. The zero-order chi connectivity index (χ0) is 18.6. The van der Waals surface area contributed by atoms with E-state index < -0.39 is 31.0 Å². The van der Waals surface area contributed by atoms with Gasteiger partial charge in [0.15, 0.2) is 0 Å². The van der Waals surface area contributed by atoms with Crippen molar-refractivity contribution in [2.45, 2.75) is 52.4 Å². The first-order valence-electron chi connectivity index (χ1n) is 8.24. The number of halogens is 1. The van der Waals surface area contributed by atoms with Gasteiger partial charge in [0, 0.05) is 20.9 Å². The van der Waals surface area contributed by atoms with Crippen LogP contribution in [0.25, 0.3) is 0 Å². The quantitative estimate of drug-likeness (QED) is 0.756. The van der Waals surface area contributed by atoms with Crippen molar-refractivity contribution in [3.05, 3.63) is 22.2 Å². The van der Waals surface area contributed by atoms with Crippen LogP contribution in [-0.4, -0.2) is 31.5 Å². The summed E-state index contributed by atoms with van der Waals surface area (Å²) in [5, 5.41) is 0. The topological polar surface area (TPSA) is 80.0 Å². The fraction of sp³-hybridized carbons (Fsp3) is 0.588. The molecule has 1 aromatic rings. The van der Waals surface area contributed by atoms with E-state index in [1.54, 1.807) is 0 Å². The monoisotopic (exact) mass is 411 g/mol. The number of nitrogens with two attached hydrogens (primary N) is 1. The maximum absolute atomic E-state index is 11.5. The van der Waals surface area contributed by atoms with Crippen molar-refractivity contribution in [2.24, 2.45) is 11.1 Å². The molecular formula is C17H23BBrNO5. The van der Waals surface area contributed by atoms with E-state index in [0.29, 0.717) is 6.61 Å². The average Bonchev–Trinajstić information content (AvgIpc) is 2.76. The molecule has 1 amide bonds. The molecule has 0 radical (unpaired) electrons. The predicted octanol–water partition coefficient (Wildman–Crippen LogP) is 2.91. The Bertz CT molecular complexity index is 703. The predicted molar refractivity (Wildman–Crippen MR) is 97.9 cm³/mol. The Morgan fingerprint density at radius 2 is 2.12 bits per heavy atom. The summed E-state index contributed by atoms with van der Waals surface area (Å²) < 4.78 is 24.6. The van der Waals surface area contributed by atoms with Gasteiger partial charge in [-0.2, -0.15) is 0 Å². The van der Waals surface area contributed by atoms with Crippen molar-refractivity contribution < 1.29 is 23.6 Å². The van der Waals surface area contributed by atoms with Crippen LogP contribution in [0.3, 0.4) is 0 Å². The van der Waals surface area contributed by atoms with Crippen LogP contribution in [0.4, 0.5) is 4.79 Å². The van der Waals surface area contributed by atoms with Crippen LogP contribution >= 0.6 is 15.9 Å². The maximum atomic E-state index is 11.5. The first kappa shape index (κ1) is 18.5.